The molecule has 21 N–H and O–H groups in total. The Labute approximate surface area is 340 Å². The van der Waals surface area contributed by atoms with Crippen molar-refractivity contribution in [1.29, 1.82) is 0 Å². The van der Waals surface area contributed by atoms with E-state index in [4.69, 9.17) is 142 Å². The van der Waals surface area contributed by atoms with Crippen LogP contribution in [0.2, 0.25) is 0 Å². The van der Waals surface area contributed by atoms with Gasteiger partial charge in [-0.1, -0.05) is 0 Å². The minimum Gasteiger partial charge on any atom is -0.567 e. The zero-order valence-corrected chi connectivity index (χ0v) is 37.9. The molecule has 0 aromatic carbocycles. The molecule has 0 fully saturated rings. The molecule has 0 radical (unpaired) electrons. The van der Waals surface area contributed by atoms with Gasteiger partial charge in [-0.05, 0) is 40.9 Å². The van der Waals surface area contributed by atoms with Crippen molar-refractivity contribution >= 4 is 63.2 Å². The zero-order chi connectivity index (χ0) is 47.1. The SMILES string of the molecule is CN(C)C.O=P(O)(O)CN(CP(=O)(O)O)CP(=O)(O)O.O=P(O)(O)O.O=P(O)(O)O.O=[P+]([O-])O.O=[P+]([O-])O.O=[P+]([O-])O.[CH2-]C(O)C(O)C(O)C(O)C(O)CO.[Na+]. The van der Waals surface area contributed by atoms with E-state index in [1.165, 1.54) is 0 Å². The van der Waals surface area contributed by atoms with Crippen molar-refractivity contribution in [3.63, 3.8) is 0 Å². The third-order valence-corrected chi connectivity index (χ3v) is 5.13. The van der Waals surface area contributed by atoms with Crippen LogP contribution in [0.25, 0.3) is 0 Å². The fourth-order valence-electron chi connectivity index (χ4n) is 1.68. The van der Waals surface area contributed by atoms with E-state index in [1.807, 2.05) is 26.0 Å². The van der Waals surface area contributed by atoms with Crippen LogP contribution >= 0.6 is 63.2 Å². The molecule has 0 aliphatic heterocycles. The van der Waals surface area contributed by atoms with Crippen LogP contribution in [-0.2, 0) is 36.5 Å². The van der Waals surface area contributed by atoms with Gasteiger partial charge in [0.1, 0.15) is 37.2 Å². The van der Waals surface area contributed by atoms with Crippen molar-refractivity contribution in [3.05, 3.63) is 6.92 Å². The molecule has 340 valence electrons. The quantitative estimate of drug-likeness (QED) is 0.0519. The van der Waals surface area contributed by atoms with E-state index in [2.05, 4.69) is 6.92 Å². The van der Waals surface area contributed by atoms with Gasteiger partial charge in [0.25, 0.3) is 0 Å². The molecule has 0 bridgehead atoms. The predicted molar refractivity (Wildman–Crippen MR) is 173 cm³/mol. The molecule has 0 aliphatic carbocycles. The van der Waals surface area contributed by atoms with E-state index in [-0.39, 0.29) is 29.6 Å². The van der Waals surface area contributed by atoms with Crippen LogP contribution in [0.4, 0.5) is 0 Å². The molecule has 43 heteroatoms. The predicted octanol–water partition coefficient (Wildman–Crippen LogP) is -12.4. The van der Waals surface area contributed by atoms with Crippen molar-refractivity contribution in [2.24, 2.45) is 0 Å². The molecule has 0 aromatic heterocycles. The number of rotatable bonds is 11. The maximum Gasteiger partial charge on any atom is 1.00 e. The molecule has 0 rings (SSSR count). The molecule has 0 heterocycles. The van der Waals surface area contributed by atoms with Crippen molar-refractivity contribution in [1.82, 2.24) is 9.80 Å². The van der Waals surface area contributed by atoms with Crippen molar-refractivity contribution < 1.29 is 185 Å². The van der Waals surface area contributed by atoms with E-state index < -0.39 is 119 Å². The molecule has 8 atom stereocenters. The molecule has 34 nitrogen and oxygen atoms in total. The summed E-state index contributed by atoms with van der Waals surface area (Å²) in [4.78, 5) is 144. The van der Waals surface area contributed by atoms with Gasteiger partial charge in [0.05, 0.1) is 12.7 Å². The molecule has 0 spiro atoms. The molecular formula is C13H45N2NaO32P8. The van der Waals surface area contributed by atoms with E-state index >= 15 is 0 Å². The number of aliphatic hydroxyl groups excluding tert-OH is 6. The van der Waals surface area contributed by atoms with Crippen molar-refractivity contribution in [2.75, 3.05) is 46.6 Å². The Morgan fingerprint density at radius 2 is 0.696 bits per heavy atom. The number of phosphoric acid groups is 2. The topological polar surface area (TPSA) is 637 Å². The van der Waals surface area contributed by atoms with E-state index in [9.17, 15) is 13.7 Å². The van der Waals surface area contributed by atoms with Crippen molar-refractivity contribution in [2.45, 2.75) is 30.5 Å². The second-order valence-corrected chi connectivity index (χ2v) is 17.3. The summed E-state index contributed by atoms with van der Waals surface area (Å²) >= 11 is 0. The Morgan fingerprint density at radius 3 is 0.804 bits per heavy atom. The normalized spacial score (nSPS) is 14.6. The maximum absolute atomic E-state index is 10.6. The average Bonchev–Trinajstić information content (AvgIpc) is 2.80. The second-order valence-electron chi connectivity index (χ2n) is 8.96. The summed E-state index contributed by atoms with van der Waals surface area (Å²) in [5.41, 5.74) is 0. The molecular weight excluding hydrogens is 967 g/mol. The Balaban J connectivity index is -0.0000000699. The molecule has 0 aliphatic rings. The largest absolute Gasteiger partial charge is 1.00 e. The first kappa shape index (κ1) is 78.0. The third-order valence-electron chi connectivity index (χ3n) is 2.83. The Hall–Kier alpha value is 1.41. The van der Waals surface area contributed by atoms with Gasteiger partial charge in [-0.25, -0.2) is 9.13 Å². The van der Waals surface area contributed by atoms with E-state index in [1.54, 1.807) is 0 Å². The van der Waals surface area contributed by atoms with E-state index in [0.717, 1.165) is 0 Å². The van der Waals surface area contributed by atoms with Crippen LogP contribution in [-0.4, -0.2) is 191 Å². The summed E-state index contributed by atoms with van der Waals surface area (Å²) in [6.45, 7) is 2.27. The van der Waals surface area contributed by atoms with Crippen LogP contribution in [0.3, 0.4) is 0 Å². The first-order valence-electron chi connectivity index (χ1n) is 12.0. The monoisotopic (exact) mass is 1010 g/mol. The van der Waals surface area contributed by atoms with Crippen LogP contribution in [0, 0.1) is 6.92 Å². The summed E-state index contributed by atoms with van der Waals surface area (Å²) < 4.78 is 75.2. The van der Waals surface area contributed by atoms with Crippen LogP contribution in [0.15, 0.2) is 0 Å². The van der Waals surface area contributed by atoms with Gasteiger partial charge in [-0.3, -0.25) is 18.6 Å². The van der Waals surface area contributed by atoms with Gasteiger partial charge in [0, 0.05) is 0 Å². The summed E-state index contributed by atoms with van der Waals surface area (Å²) in [7, 11) is -26.6. The first-order valence-corrected chi connectivity index (χ1v) is 23.9. The number of hydrogen-bond donors (Lipinski definition) is 21. The van der Waals surface area contributed by atoms with Gasteiger partial charge >= 0.3 is 92.8 Å². The fraction of sp³-hybridized carbons (Fsp3) is 0.923. The Kier molecular flexibility index (Phi) is 56.3. The van der Waals surface area contributed by atoms with Gasteiger partial charge < -0.3 is 116 Å². The fourth-order valence-corrected chi connectivity index (χ4v) is 4.32. The number of hydrogen-bond acceptors (Lipinski definition) is 19. The number of aliphatic hydroxyl groups is 6. The zero-order valence-electron chi connectivity index (χ0n) is 28.8. The minimum atomic E-state index is -4.65. The molecule has 8 unspecified atom stereocenters. The summed E-state index contributed by atoms with van der Waals surface area (Å²) in [6, 6.07) is 0. The summed E-state index contributed by atoms with van der Waals surface area (Å²) in [5.74, 6) is 0. The molecule has 0 aromatic rings. The third kappa shape index (κ3) is 139. The summed E-state index contributed by atoms with van der Waals surface area (Å²) in [6.07, 6.45) is -11.6. The Bertz CT molecular complexity index is 1090. The van der Waals surface area contributed by atoms with E-state index in [0.29, 0.717) is 4.90 Å². The van der Waals surface area contributed by atoms with Crippen LogP contribution < -0.4 is 44.2 Å². The Morgan fingerprint density at radius 1 is 0.536 bits per heavy atom. The van der Waals surface area contributed by atoms with Crippen molar-refractivity contribution in [3.8, 4) is 0 Å². The second kappa shape index (κ2) is 40.5. The van der Waals surface area contributed by atoms with Crippen LogP contribution in [0.5, 0.6) is 0 Å². The first-order chi connectivity index (χ1) is 23.6. The average molecular weight is 1010 g/mol. The van der Waals surface area contributed by atoms with Crippen LogP contribution in [0.1, 0.15) is 0 Å². The minimum absolute atomic E-state index is 0. The van der Waals surface area contributed by atoms with Gasteiger partial charge in [0.15, 0.2) is 0 Å². The standard InChI is InChI=1S/C7H15O6.C3H12NO9P3.C3H9N.Na.2H3O4P.3HO3P/c1-3(9)5(11)7(13)6(12)4(10)2-8;5-14(6,7)1-4(2-15(8,9)10)3-16(11,12)13;1-4(2)3;;2*1-5(2,3)4;3*1-4(2)3/h3-13H,1-2H2;1-3H2,(H2,5,6,7)(H2,8,9,10)(H2,11,12,13);1-3H3;;2*(H3,1,2,3,4);3*(H,1,2,3)/q-1;;;+1;;;;;. The molecule has 0 saturated carbocycles. The summed E-state index contributed by atoms with van der Waals surface area (Å²) in [5, 5.41) is 53.1. The molecule has 56 heavy (non-hydrogen) atoms. The number of nitrogens with zero attached hydrogens (tertiary/aromatic N) is 2. The maximum atomic E-state index is 10.6. The van der Waals surface area contributed by atoms with Gasteiger partial charge in [-0.15, -0.1) is 0 Å². The van der Waals surface area contributed by atoms with Gasteiger partial charge in [-0.2, -0.15) is 14.7 Å². The van der Waals surface area contributed by atoms with Gasteiger partial charge in [0.2, 0.25) is 0 Å². The smallest absolute Gasteiger partial charge is 0.567 e. The molecule has 0 amide bonds. The molecule has 0 saturated heterocycles.